The number of thiophene rings is 1. The van der Waals surface area contributed by atoms with Crippen molar-refractivity contribution < 1.29 is 4.79 Å². The van der Waals surface area contributed by atoms with E-state index in [0.29, 0.717) is 12.0 Å². The maximum Gasteiger partial charge on any atom is 0.236 e. The number of hydrogen-bond donors (Lipinski definition) is 1. The Labute approximate surface area is 119 Å². The number of rotatable bonds is 4. The van der Waals surface area contributed by atoms with Crippen LogP contribution in [0.2, 0.25) is 0 Å². The molecule has 2 aliphatic rings. The SMILES string of the molecule is CC1(CNCC(=O)N2CCc3sccc3C2)CCC1. The van der Waals surface area contributed by atoms with Crippen molar-refractivity contribution in [1.29, 1.82) is 0 Å². The Bertz CT molecular complexity index is 464. The van der Waals surface area contributed by atoms with Crippen molar-refractivity contribution in [3.63, 3.8) is 0 Å². The molecule has 1 amide bonds. The number of amides is 1. The number of nitrogens with zero attached hydrogens (tertiary/aromatic N) is 1. The molecule has 3 rings (SSSR count). The van der Waals surface area contributed by atoms with Gasteiger partial charge in [-0.3, -0.25) is 4.79 Å². The van der Waals surface area contributed by atoms with Gasteiger partial charge in [-0.05, 0) is 41.7 Å². The molecule has 3 nitrogen and oxygen atoms in total. The van der Waals surface area contributed by atoms with Gasteiger partial charge in [-0.2, -0.15) is 0 Å². The van der Waals surface area contributed by atoms with Gasteiger partial charge in [-0.1, -0.05) is 13.3 Å². The maximum atomic E-state index is 12.2. The minimum absolute atomic E-state index is 0.250. The molecule has 1 aromatic heterocycles. The van der Waals surface area contributed by atoms with Crippen molar-refractivity contribution in [3.8, 4) is 0 Å². The lowest BCUT2D eigenvalue weighted by molar-refractivity contribution is -0.131. The number of hydrogen-bond acceptors (Lipinski definition) is 3. The van der Waals surface area contributed by atoms with Crippen molar-refractivity contribution in [2.24, 2.45) is 5.41 Å². The molecule has 1 fully saturated rings. The van der Waals surface area contributed by atoms with E-state index >= 15 is 0 Å². The highest BCUT2D eigenvalue weighted by molar-refractivity contribution is 7.10. The van der Waals surface area contributed by atoms with Gasteiger partial charge < -0.3 is 10.2 Å². The summed E-state index contributed by atoms with van der Waals surface area (Å²) in [5.74, 6) is 0.250. The molecule has 4 heteroatoms. The summed E-state index contributed by atoms with van der Waals surface area (Å²) in [7, 11) is 0. The zero-order chi connectivity index (χ0) is 13.3. The Hall–Kier alpha value is -0.870. The first-order valence-electron chi connectivity index (χ1n) is 7.20. The summed E-state index contributed by atoms with van der Waals surface area (Å²) in [5.41, 5.74) is 1.79. The maximum absolute atomic E-state index is 12.2. The van der Waals surface area contributed by atoms with Crippen molar-refractivity contribution in [2.45, 2.75) is 39.2 Å². The third-order valence-corrected chi connectivity index (χ3v) is 5.57. The van der Waals surface area contributed by atoms with Crippen molar-refractivity contribution in [2.75, 3.05) is 19.6 Å². The van der Waals surface area contributed by atoms with E-state index in [0.717, 1.165) is 26.1 Å². The molecule has 0 aromatic carbocycles. The van der Waals surface area contributed by atoms with E-state index in [2.05, 4.69) is 23.7 Å². The highest BCUT2D eigenvalue weighted by Crippen LogP contribution is 2.39. The van der Waals surface area contributed by atoms with Crippen LogP contribution in [0.3, 0.4) is 0 Å². The van der Waals surface area contributed by atoms with E-state index in [1.807, 2.05) is 16.2 Å². The van der Waals surface area contributed by atoms with Crippen LogP contribution in [0.1, 0.15) is 36.6 Å². The van der Waals surface area contributed by atoms with Gasteiger partial charge >= 0.3 is 0 Å². The van der Waals surface area contributed by atoms with Gasteiger partial charge in [-0.15, -0.1) is 11.3 Å². The van der Waals surface area contributed by atoms with Crippen LogP contribution in [0.5, 0.6) is 0 Å². The standard InChI is InChI=1S/C15H22N2OS/c1-15(5-2-6-15)11-16-9-14(18)17-7-3-13-12(10-17)4-8-19-13/h4,8,16H,2-3,5-7,9-11H2,1H3. The molecule has 1 aliphatic carbocycles. The molecule has 0 bridgehead atoms. The summed E-state index contributed by atoms with van der Waals surface area (Å²) in [6.45, 7) is 5.47. The van der Waals surface area contributed by atoms with E-state index in [-0.39, 0.29) is 5.91 Å². The topological polar surface area (TPSA) is 32.3 Å². The van der Waals surface area contributed by atoms with Gasteiger partial charge in [0.25, 0.3) is 0 Å². The van der Waals surface area contributed by atoms with Crippen LogP contribution in [0.15, 0.2) is 11.4 Å². The second-order valence-electron chi connectivity index (χ2n) is 6.20. The molecule has 0 spiro atoms. The van der Waals surface area contributed by atoms with Gasteiger partial charge in [0, 0.05) is 24.5 Å². The van der Waals surface area contributed by atoms with Crippen molar-refractivity contribution in [3.05, 3.63) is 21.9 Å². The van der Waals surface area contributed by atoms with Crippen molar-refractivity contribution in [1.82, 2.24) is 10.2 Å². The van der Waals surface area contributed by atoms with Gasteiger partial charge in [0.2, 0.25) is 5.91 Å². The quantitative estimate of drug-likeness (QED) is 0.917. The fourth-order valence-electron chi connectivity index (χ4n) is 3.00. The largest absolute Gasteiger partial charge is 0.337 e. The predicted molar refractivity (Wildman–Crippen MR) is 78.3 cm³/mol. The Morgan fingerprint density at radius 2 is 2.37 bits per heavy atom. The van der Waals surface area contributed by atoms with E-state index in [1.165, 1.54) is 29.7 Å². The average molecular weight is 278 g/mol. The lowest BCUT2D eigenvalue weighted by atomic mass is 9.70. The first-order chi connectivity index (χ1) is 9.16. The minimum atomic E-state index is 0.250. The Kier molecular flexibility index (Phi) is 3.63. The van der Waals surface area contributed by atoms with Gasteiger partial charge in [-0.25, -0.2) is 0 Å². The van der Waals surface area contributed by atoms with Crippen LogP contribution in [0, 0.1) is 5.41 Å². The van der Waals surface area contributed by atoms with Crippen LogP contribution in [-0.4, -0.2) is 30.4 Å². The molecule has 1 N–H and O–H groups in total. The highest BCUT2D eigenvalue weighted by atomic mass is 32.1. The van der Waals surface area contributed by atoms with Crippen molar-refractivity contribution >= 4 is 17.2 Å². The number of fused-ring (bicyclic) bond motifs is 1. The Balaban J connectivity index is 1.46. The summed E-state index contributed by atoms with van der Waals surface area (Å²) in [4.78, 5) is 15.6. The smallest absolute Gasteiger partial charge is 0.236 e. The van der Waals surface area contributed by atoms with Crippen LogP contribution >= 0.6 is 11.3 Å². The fraction of sp³-hybridized carbons (Fsp3) is 0.667. The summed E-state index contributed by atoms with van der Waals surface area (Å²) >= 11 is 1.82. The van der Waals surface area contributed by atoms with Gasteiger partial charge in [0.1, 0.15) is 0 Å². The zero-order valence-corrected chi connectivity index (χ0v) is 12.4. The molecule has 1 aromatic rings. The summed E-state index contributed by atoms with van der Waals surface area (Å²) in [5, 5.41) is 5.49. The summed E-state index contributed by atoms with van der Waals surface area (Å²) in [6.07, 6.45) is 4.97. The normalized spacial score (nSPS) is 20.8. The molecule has 0 unspecified atom stereocenters. The molecule has 0 atom stereocenters. The molecule has 2 heterocycles. The second kappa shape index (κ2) is 5.25. The van der Waals surface area contributed by atoms with E-state index < -0.39 is 0 Å². The lowest BCUT2D eigenvalue weighted by Gasteiger charge is -2.38. The third kappa shape index (κ3) is 2.84. The molecule has 104 valence electrons. The van der Waals surface area contributed by atoms with E-state index in [9.17, 15) is 4.79 Å². The number of nitrogens with one attached hydrogen (secondary N) is 1. The Morgan fingerprint density at radius 1 is 1.53 bits per heavy atom. The first-order valence-corrected chi connectivity index (χ1v) is 8.08. The zero-order valence-electron chi connectivity index (χ0n) is 11.6. The minimum Gasteiger partial charge on any atom is -0.337 e. The molecular weight excluding hydrogens is 256 g/mol. The molecule has 0 radical (unpaired) electrons. The first kappa shape index (κ1) is 13.1. The average Bonchev–Trinajstić information content (AvgIpc) is 2.83. The third-order valence-electron chi connectivity index (χ3n) is 4.55. The van der Waals surface area contributed by atoms with Crippen LogP contribution in [0.4, 0.5) is 0 Å². The molecule has 1 aliphatic heterocycles. The van der Waals surface area contributed by atoms with Crippen LogP contribution in [-0.2, 0) is 17.8 Å². The monoisotopic (exact) mass is 278 g/mol. The highest BCUT2D eigenvalue weighted by Gasteiger charge is 2.31. The molecule has 19 heavy (non-hydrogen) atoms. The van der Waals surface area contributed by atoms with Crippen LogP contribution in [0.25, 0.3) is 0 Å². The lowest BCUT2D eigenvalue weighted by Crippen LogP contribution is -2.44. The van der Waals surface area contributed by atoms with Crippen LogP contribution < -0.4 is 5.32 Å². The van der Waals surface area contributed by atoms with Gasteiger partial charge in [0.05, 0.1) is 6.54 Å². The Morgan fingerprint density at radius 3 is 3.11 bits per heavy atom. The molecule has 1 saturated carbocycles. The predicted octanol–water partition coefficient (Wildman–Crippen LogP) is 2.41. The van der Waals surface area contributed by atoms with E-state index in [4.69, 9.17) is 0 Å². The second-order valence-corrected chi connectivity index (χ2v) is 7.20. The summed E-state index contributed by atoms with van der Waals surface area (Å²) < 4.78 is 0. The molecular formula is C15H22N2OS. The number of carbonyl (C=O) groups is 1. The summed E-state index contributed by atoms with van der Waals surface area (Å²) in [6, 6.07) is 2.16. The van der Waals surface area contributed by atoms with Gasteiger partial charge in [0.15, 0.2) is 0 Å². The fourth-order valence-corrected chi connectivity index (χ4v) is 3.89. The molecule has 0 saturated heterocycles. The number of carbonyl (C=O) groups excluding carboxylic acids is 1. The van der Waals surface area contributed by atoms with E-state index in [1.54, 1.807) is 0 Å².